The molecule has 158 valence electrons. The van der Waals surface area contributed by atoms with Crippen LogP contribution in [0.25, 0.3) is 0 Å². The van der Waals surface area contributed by atoms with Crippen LogP contribution in [0.4, 0.5) is 23.1 Å². The van der Waals surface area contributed by atoms with Crippen molar-refractivity contribution >= 4 is 69.8 Å². The Balaban J connectivity index is 1.65. The Morgan fingerprint density at radius 3 is 2.42 bits per heavy atom. The lowest BCUT2D eigenvalue weighted by molar-refractivity contribution is -0.123. The lowest BCUT2D eigenvalue weighted by Crippen LogP contribution is -2.36. The summed E-state index contributed by atoms with van der Waals surface area (Å²) < 4.78 is 0. The van der Waals surface area contributed by atoms with Gasteiger partial charge in [0.25, 0.3) is 5.56 Å². The van der Waals surface area contributed by atoms with Crippen molar-refractivity contribution in [1.82, 2.24) is 9.97 Å². The van der Waals surface area contributed by atoms with E-state index in [1.807, 2.05) is 0 Å². The molecule has 0 spiro atoms. The highest BCUT2D eigenvalue weighted by Crippen LogP contribution is 2.31. The van der Waals surface area contributed by atoms with Gasteiger partial charge in [-0.1, -0.05) is 40.9 Å². The van der Waals surface area contributed by atoms with Gasteiger partial charge in [-0.05, 0) is 36.4 Å². The Bertz CT molecular complexity index is 1240. The molecule has 8 nitrogen and oxygen atoms in total. The van der Waals surface area contributed by atoms with Gasteiger partial charge >= 0.3 is 0 Å². The molecule has 11 heteroatoms. The van der Waals surface area contributed by atoms with Gasteiger partial charge in [-0.3, -0.25) is 19.4 Å². The standard InChI is InChI=1S/C20H14Cl3N5O3/c21-9-2-1-3-12(5-9)24-18(30)14-8-15(29)26-17-16(14)19(31)28-20(27-17)25-13-6-10(22)4-11(23)7-13/h1-7,14H,8H2,(H,24,30)(H3,25,26,27,28,29,31)/t14-/m1/s1. The van der Waals surface area contributed by atoms with Crippen LogP contribution in [0.1, 0.15) is 17.9 Å². The molecule has 2 amide bonds. The third-order valence-corrected chi connectivity index (χ3v) is 5.16. The number of nitrogens with zero attached hydrogens (tertiary/aromatic N) is 1. The average Bonchev–Trinajstić information content (AvgIpc) is 2.66. The molecular formula is C20H14Cl3N5O3. The fourth-order valence-electron chi connectivity index (χ4n) is 3.21. The molecule has 31 heavy (non-hydrogen) atoms. The maximum atomic E-state index is 12.8. The van der Waals surface area contributed by atoms with Gasteiger partial charge in [0.1, 0.15) is 5.82 Å². The Morgan fingerprint density at radius 1 is 1.00 bits per heavy atom. The van der Waals surface area contributed by atoms with E-state index in [1.54, 1.807) is 42.5 Å². The molecule has 4 rings (SSSR count). The number of carbonyl (C=O) groups excluding carboxylic acids is 2. The summed E-state index contributed by atoms with van der Waals surface area (Å²) in [5, 5.41) is 9.32. The number of benzene rings is 2. The van der Waals surface area contributed by atoms with Crippen molar-refractivity contribution < 1.29 is 9.59 Å². The van der Waals surface area contributed by atoms with Crippen LogP contribution in [0, 0.1) is 0 Å². The summed E-state index contributed by atoms with van der Waals surface area (Å²) in [6.07, 6.45) is -0.194. The molecule has 0 fully saturated rings. The summed E-state index contributed by atoms with van der Waals surface area (Å²) in [5.41, 5.74) is 0.434. The second-order valence-corrected chi connectivity index (χ2v) is 8.07. The molecule has 0 radical (unpaired) electrons. The number of hydrogen-bond donors (Lipinski definition) is 4. The minimum atomic E-state index is -1.02. The predicted octanol–water partition coefficient (Wildman–Crippen LogP) is 4.54. The number of H-pyrrole nitrogens is 1. The number of carbonyl (C=O) groups is 2. The number of aromatic nitrogens is 2. The fourth-order valence-corrected chi connectivity index (χ4v) is 3.93. The molecule has 0 bridgehead atoms. The largest absolute Gasteiger partial charge is 0.326 e. The van der Waals surface area contributed by atoms with Crippen molar-refractivity contribution in [3.63, 3.8) is 0 Å². The average molecular weight is 479 g/mol. The van der Waals surface area contributed by atoms with Crippen molar-refractivity contribution in [2.24, 2.45) is 0 Å². The van der Waals surface area contributed by atoms with E-state index < -0.39 is 23.3 Å². The first-order chi connectivity index (χ1) is 14.8. The highest BCUT2D eigenvalue weighted by Gasteiger charge is 2.34. The molecular weight excluding hydrogens is 465 g/mol. The zero-order chi connectivity index (χ0) is 22.1. The maximum Gasteiger partial charge on any atom is 0.258 e. The number of halogens is 3. The van der Waals surface area contributed by atoms with Crippen LogP contribution < -0.4 is 21.5 Å². The zero-order valence-electron chi connectivity index (χ0n) is 15.6. The van der Waals surface area contributed by atoms with Crippen molar-refractivity contribution in [3.05, 3.63) is 73.4 Å². The molecule has 3 aromatic rings. The Hall–Kier alpha value is -3.07. The molecule has 0 aliphatic carbocycles. The lowest BCUT2D eigenvalue weighted by Gasteiger charge is -2.23. The molecule has 0 saturated carbocycles. The Kier molecular flexibility index (Phi) is 5.86. The first-order valence-electron chi connectivity index (χ1n) is 9.02. The van der Waals surface area contributed by atoms with Crippen LogP contribution in [0.3, 0.4) is 0 Å². The van der Waals surface area contributed by atoms with Gasteiger partial charge in [-0.2, -0.15) is 4.98 Å². The minimum absolute atomic E-state index is 0.00173. The molecule has 2 aromatic carbocycles. The zero-order valence-corrected chi connectivity index (χ0v) is 17.9. The maximum absolute atomic E-state index is 12.8. The van der Waals surface area contributed by atoms with Crippen LogP contribution in [-0.4, -0.2) is 21.8 Å². The van der Waals surface area contributed by atoms with Crippen LogP contribution in [0.15, 0.2) is 47.3 Å². The normalized spacial score (nSPS) is 15.1. The number of anilines is 4. The van der Waals surface area contributed by atoms with Crippen molar-refractivity contribution in [1.29, 1.82) is 0 Å². The van der Waals surface area contributed by atoms with E-state index in [4.69, 9.17) is 34.8 Å². The Labute approximate surface area is 190 Å². The number of nitrogens with one attached hydrogen (secondary N) is 4. The topological polar surface area (TPSA) is 116 Å². The van der Waals surface area contributed by atoms with E-state index in [1.165, 1.54) is 0 Å². The van der Waals surface area contributed by atoms with Crippen LogP contribution in [0.5, 0.6) is 0 Å². The van der Waals surface area contributed by atoms with Crippen LogP contribution in [-0.2, 0) is 9.59 Å². The highest BCUT2D eigenvalue weighted by molar-refractivity contribution is 6.35. The quantitative estimate of drug-likeness (QED) is 0.439. The smallest absolute Gasteiger partial charge is 0.258 e. The third-order valence-electron chi connectivity index (χ3n) is 4.49. The van der Waals surface area contributed by atoms with Gasteiger partial charge in [-0.25, -0.2) is 0 Å². The molecule has 2 heterocycles. The van der Waals surface area contributed by atoms with E-state index >= 15 is 0 Å². The monoisotopic (exact) mass is 477 g/mol. The Morgan fingerprint density at radius 2 is 1.71 bits per heavy atom. The van der Waals surface area contributed by atoms with Crippen molar-refractivity contribution in [2.45, 2.75) is 12.3 Å². The van der Waals surface area contributed by atoms with E-state index in [2.05, 4.69) is 25.9 Å². The minimum Gasteiger partial charge on any atom is -0.326 e. The second-order valence-electron chi connectivity index (χ2n) is 6.76. The van der Waals surface area contributed by atoms with Crippen molar-refractivity contribution in [3.8, 4) is 0 Å². The summed E-state index contributed by atoms with van der Waals surface area (Å²) in [4.78, 5) is 44.7. The first-order valence-corrected chi connectivity index (χ1v) is 10.2. The molecule has 1 aromatic heterocycles. The van der Waals surface area contributed by atoms with Gasteiger partial charge < -0.3 is 16.0 Å². The van der Waals surface area contributed by atoms with Gasteiger partial charge in [0.2, 0.25) is 17.8 Å². The summed E-state index contributed by atoms with van der Waals surface area (Å²) >= 11 is 17.9. The van der Waals surface area contributed by atoms with Gasteiger partial charge in [-0.15, -0.1) is 0 Å². The van der Waals surface area contributed by atoms with E-state index in [0.29, 0.717) is 26.4 Å². The van der Waals surface area contributed by atoms with Gasteiger partial charge in [0, 0.05) is 32.9 Å². The lowest BCUT2D eigenvalue weighted by atomic mass is 9.92. The molecule has 0 unspecified atom stereocenters. The first kappa shape index (κ1) is 21.2. The summed E-state index contributed by atoms with van der Waals surface area (Å²) in [7, 11) is 0. The molecule has 1 aliphatic heterocycles. The molecule has 0 saturated heterocycles. The fraction of sp³-hybridized carbons (Fsp3) is 0.100. The summed E-state index contributed by atoms with van der Waals surface area (Å²) in [6.45, 7) is 0. The summed E-state index contributed by atoms with van der Waals surface area (Å²) in [5.74, 6) is -1.92. The summed E-state index contributed by atoms with van der Waals surface area (Å²) in [6, 6.07) is 11.3. The number of hydrogen-bond acceptors (Lipinski definition) is 5. The third kappa shape index (κ3) is 4.82. The number of fused-ring (bicyclic) bond motifs is 1. The predicted molar refractivity (Wildman–Crippen MR) is 121 cm³/mol. The van der Waals surface area contributed by atoms with E-state index in [0.717, 1.165) is 0 Å². The SMILES string of the molecule is O=C1C[C@@H](C(=O)Nc2cccc(Cl)c2)c2c(nc(Nc3cc(Cl)cc(Cl)c3)[nH]c2=O)N1. The van der Waals surface area contributed by atoms with Crippen molar-refractivity contribution in [2.75, 3.05) is 16.0 Å². The van der Waals surface area contributed by atoms with Crippen LogP contribution >= 0.6 is 34.8 Å². The van der Waals surface area contributed by atoms with Crippen LogP contribution in [0.2, 0.25) is 15.1 Å². The van der Waals surface area contributed by atoms with E-state index in [-0.39, 0.29) is 23.8 Å². The molecule has 4 N–H and O–H groups in total. The molecule has 1 aliphatic rings. The van der Waals surface area contributed by atoms with Gasteiger partial charge in [0.05, 0.1) is 11.5 Å². The number of aromatic amines is 1. The molecule has 1 atom stereocenters. The highest BCUT2D eigenvalue weighted by atomic mass is 35.5. The second kappa shape index (κ2) is 8.58. The number of rotatable bonds is 4. The van der Waals surface area contributed by atoms with Gasteiger partial charge in [0.15, 0.2) is 0 Å². The number of amides is 2. The van der Waals surface area contributed by atoms with E-state index in [9.17, 15) is 14.4 Å².